The van der Waals surface area contributed by atoms with Gasteiger partial charge in [-0.15, -0.1) is 5.10 Å². The highest BCUT2D eigenvalue weighted by atomic mass is 16.5. The molecule has 0 bridgehead atoms. The Hall–Kier alpha value is -3.74. The fourth-order valence-electron chi connectivity index (χ4n) is 3.30. The molecule has 5 rings (SSSR count). The van der Waals surface area contributed by atoms with Gasteiger partial charge >= 0.3 is 0 Å². The summed E-state index contributed by atoms with van der Waals surface area (Å²) in [7, 11) is 1.91. The first-order chi connectivity index (χ1) is 13.8. The fourth-order valence-corrected chi connectivity index (χ4v) is 3.30. The molecule has 0 atom stereocenters. The number of ether oxygens (including phenoxy) is 1. The van der Waals surface area contributed by atoms with Crippen LogP contribution in [0.5, 0.6) is 5.88 Å². The van der Waals surface area contributed by atoms with Gasteiger partial charge in [-0.25, -0.2) is 0 Å². The number of anilines is 1. The van der Waals surface area contributed by atoms with Crippen LogP contribution in [-0.4, -0.2) is 25.6 Å². The molecule has 1 aliphatic heterocycles. The second-order valence-corrected chi connectivity index (χ2v) is 6.61. The van der Waals surface area contributed by atoms with Crippen LogP contribution in [-0.2, 0) is 20.2 Å². The number of hydrogen-bond donors (Lipinski definition) is 1. The Balaban J connectivity index is 1.39. The molecule has 1 N–H and O–H groups in total. The van der Waals surface area contributed by atoms with Crippen molar-refractivity contribution in [2.75, 3.05) is 5.32 Å². The topological polar surface area (TPSA) is 77.2 Å². The highest BCUT2D eigenvalue weighted by Crippen LogP contribution is 2.28. The second kappa shape index (κ2) is 6.77. The first-order valence-corrected chi connectivity index (χ1v) is 9.02. The van der Waals surface area contributed by atoms with E-state index >= 15 is 0 Å². The van der Waals surface area contributed by atoms with Crippen molar-refractivity contribution in [1.29, 1.82) is 0 Å². The van der Waals surface area contributed by atoms with Gasteiger partial charge in [0, 0.05) is 42.5 Å². The number of pyridine rings is 2. The zero-order chi connectivity index (χ0) is 18.9. The molecule has 0 spiro atoms. The van der Waals surface area contributed by atoms with Gasteiger partial charge in [0.25, 0.3) is 0 Å². The minimum atomic E-state index is 0.430. The summed E-state index contributed by atoms with van der Waals surface area (Å²) < 4.78 is 7.74. The summed E-state index contributed by atoms with van der Waals surface area (Å²) in [5.74, 6) is 1.41. The highest BCUT2D eigenvalue weighted by Gasteiger charge is 2.17. The molecule has 0 amide bonds. The summed E-state index contributed by atoms with van der Waals surface area (Å²) in [5, 5.41) is 8.86. The van der Waals surface area contributed by atoms with E-state index in [2.05, 4.69) is 31.4 Å². The van der Waals surface area contributed by atoms with Crippen LogP contribution >= 0.6 is 0 Å². The molecule has 28 heavy (non-hydrogen) atoms. The quantitative estimate of drug-likeness (QED) is 0.596. The fraction of sp³-hybridized carbons (Fsp3) is 0.143. The van der Waals surface area contributed by atoms with Crippen LogP contribution in [0.3, 0.4) is 0 Å². The molecule has 4 aromatic rings. The second-order valence-electron chi connectivity index (χ2n) is 6.61. The van der Waals surface area contributed by atoms with E-state index < -0.39 is 0 Å². The van der Waals surface area contributed by atoms with Gasteiger partial charge in [0.2, 0.25) is 5.88 Å². The number of fused-ring (bicyclic) bond motifs is 2. The summed E-state index contributed by atoms with van der Waals surface area (Å²) in [4.78, 5) is 13.1. The SMILES string of the molecule is Cn1nc(OCc2cccnc2)c2ccc(NC3=NCc4cccnc43)cc21. The van der Waals surface area contributed by atoms with E-state index in [0.29, 0.717) is 19.0 Å². The maximum absolute atomic E-state index is 5.92. The van der Waals surface area contributed by atoms with Gasteiger partial charge in [-0.05, 0) is 30.3 Å². The highest BCUT2D eigenvalue weighted by molar-refractivity contribution is 6.09. The number of amidine groups is 1. The number of hydrogen-bond acceptors (Lipinski definition) is 6. The third kappa shape index (κ3) is 2.96. The molecule has 0 radical (unpaired) electrons. The van der Waals surface area contributed by atoms with Crippen LogP contribution in [0.1, 0.15) is 16.8 Å². The molecule has 3 aromatic heterocycles. The van der Waals surface area contributed by atoms with E-state index in [1.54, 1.807) is 18.6 Å². The van der Waals surface area contributed by atoms with Crippen molar-refractivity contribution >= 4 is 22.4 Å². The number of aromatic nitrogens is 4. The van der Waals surface area contributed by atoms with Gasteiger partial charge in [-0.1, -0.05) is 12.1 Å². The molecule has 7 nitrogen and oxygen atoms in total. The van der Waals surface area contributed by atoms with E-state index in [0.717, 1.165) is 39.2 Å². The Morgan fingerprint density at radius 1 is 1.14 bits per heavy atom. The Labute approximate surface area is 161 Å². The van der Waals surface area contributed by atoms with Crippen LogP contribution in [0.4, 0.5) is 5.69 Å². The molecule has 0 unspecified atom stereocenters. The Morgan fingerprint density at radius 3 is 2.96 bits per heavy atom. The van der Waals surface area contributed by atoms with Gasteiger partial charge in [0.05, 0.1) is 17.4 Å². The summed E-state index contributed by atoms with van der Waals surface area (Å²) in [5.41, 5.74) is 4.97. The van der Waals surface area contributed by atoms with E-state index in [1.807, 2.05) is 48.1 Å². The lowest BCUT2D eigenvalue weighted by Crippen LogP contribution is -2.13. The van der Waals surface area contributed by atoms with Crippen molar-refractivity contribution in [3.63, 3.8) is 0 Å². The Morgan fingerprint density at radius 2 is 2.07 bits per heavy atom. The number of rotatable bonds is 4. The predicted molar refractivity (Wildman–Crippen MR) is 107 cm³/mol. The van der Waals surface area contributed by atoms with Gasteiger partial charge in [-0.2, -0.15) is 0 Å². The largest absolute Gasteiger partial charge is 0.471 e. The van der Waals surface area contributed by atoms with Crippen molar-refractivity contribution in [3.8, 4) is 5.88 Å². The van der Waals surface area contributed by atoms with E-state index in [9.17, 15) is 0 Å². The number of benzene rings is 1. The maximum atomic E-state index is 5.92. The standard InChI is InChI=1S/C21H18N6O/c1-27-18-10-16(25-20-19-15(12-24-20)5-3-9-23-19)6-7-17(18)21(26-27)28-13-14-4-2-8-22-11-14/h2-11H,12-13H2,1H3,(H,24,25). The van der Waals surface area contributed by atoms with Crippen molar-refractivity contribution in [2.24, 2.45) is 12.0 Å². The van der Waals surface area contributed by atoms with Crippen LogP contribution in [0.15, 0.2) is 66.0 Å². The number of aliphatic imine (C=N–C) groups is 1. The number of nitrogens with zero attached hydrogens (tertiary/aromatic N) is 5. The zero-order valence-electron chi connectivity index (χ0n) is 15.3. The van der Waals surface area contributed by atoms with Crippen LogP contribution in [0, 0.1) is 0 Å². The van der Waals surface area contributed by atoms with Crippen molar-refractivity contribution in [1.82, 2.24) is 19.7 Å². The van der Waals surface area contributed by atoms with Crippen LogP contribution in [0.25, 0.3) is 10.9 Å². The van der Waals surface area contributed by atoms with E-state index in [4.69, 9.17) is 4.74 Å². The summed E-state index contributed by atoms with van der Waals surface area (Å²) in [6.45, 7) is 1.09. The number of nitrogens with one attached hydrogen (secondary N) is 1. The normalized spacial score (nSPS) is 12.7. The lowest BCUT2D eigenvalue weighted by Gasteiger charge is -2.07. The Kier molecular flexibility index (Phi) is 3.97. The first-order valence-electron chi connectivity index (χ1n) is 9.02. The van der Waals surface area contributed by atoms with Crippen LogP contribution < -0.4 is 10.1 Å². The molecule has 0 fully saturated rings. The van der Waals surface area contributed by atoms with Crippen molar-refractivity contribution in [3.05, 3.63) is 77.9 Å². The minimum Gasteiger partial charge on any atom is -0.471 e. The molecule has 1 aliphatic rings. The van der Waals surface area contributed by atoms with E-state index in [1.165, 1.54) is 0 Å². The predicted octanol–water partition coefficient (Wildman–Crippen LogP) is 3.31. The van der Waals surface area contributed by atoms with Crippen LogP contribution in [0.2, 0.25) is 0 Å². The number of aryl methyl sites for hydroxylation is 1. The molecule has 1 aromatic carbocycles. The monoisotopic (exact) mass is 370 g/mol. The Bertz CT molecular complexity index is 1180. The molecule has 7 heteroatoms. The molecule has 138 valence electrons. The summed E-state index contributed by atoms with van der Waals surface area (Å²) >= 11 is 0. The van der Waals surface area contributed by atoms with Gasteiger partial charge in [0.1, 0.15) is 12.3 Å². The molecule has 4 heterocycles. The maximum Gasteiger partial charge on any atom is 0.241 e. The molecular weight excluding hydrogens is 352 g/mol. The van der Waals surface area contributed by atoms with Gasteiger partial charge in [-0.3, -0.25) is 19.6 Å². The molecular formula is C21H18N6O. The summed E-state index contributed by atoms with van der Waals surface area (Å²) in [6, 6.07) is 13.9. The van der Waals surface area contributed by atoms with Crippen molar-refractivity contribution < 1.29 is 4.74 Å². The average Bonchev–Trinajstić information content (AvgIpc) is 3.28. The third-order valence-electron chi connectivity index (χ3n) is 4.70. The summed E-state index contributed by atoms with van der Waals surface area (Å²) in [6.07, 6.45) is 5.33. The lowest BCUT2D eigenvalue weighted by molar-refractivity contribution is 0.293. The molecule has 0 saturated heterocycles. The van der Waals surface area contributed by atoms with Crippen molar-refractivity contribution in [2.45, 2.75) is 13.2 Å². The average molecular weight is 370 g/mol. The van der Waals surface area contributed by atoms with Gasteiger partial charge in [0.15, 0.2) is 5.84 Å². The lowest BCUT2D eigenvalue weighted by atomic mass is 10.2. The third-order valence-corrected chi connectivity index (χ3v) is 4.70. The first kappa shape index (κ1) is 16.4. The smallest absolute Gasteiger partial charge is 0.241 e. The van der Waals surface area contributed by atoms with Gasteiger partial charge < -0.3 is 10.1 Å². The van der Waals surface area contributed by atoms with E-state index in [-0.39, 0.29) is 0 Å². The molecule has 0 aliphatic carbocycles. The molecule has 0 saturated carbocycles. The zero-order valence-corrected chi connectivity index (χ0v) is 15.3. The minimum absolute atomic E-state index is 0.430.